The van der Waals surface area contributed by atoms with E-state index in [1.165, 1.54) is 6.42 Å². The molecule has 4 nitrogen and oxygen atoms in total. The third kappa shape index (κ3) is 3.77. The molecule has 23 heavy (non-hydrogen) atoms. The molecule has 0 aliphatic heterocycles. The Morgan fingerprint density at radius 1 is 1.09 bits per heavy atom. The largest absolute Gasteiger partial charge is 0.339 e. The van der Waals surface area contributed by atoms with Crippen LogP contribution in [0.2, 0.25) is 0 Å². The summed E-state index contributed by atoms with van der Waals surface area (Å²) in [5.74, 6) is 0.288. The molecule has 5 heteroatoms. The number of nitrogens with zero attached hydrogens (tertiary/aromatic N) is 1. The molecule has 0 aromatic heterocycles. The van der Waals surface area contributed by atoms with Crippen molar-refractivity contribution in [3.63, 3.8) is 0 Å². The second-order valence-electron chi connectivity index (χ2n) is 6.93. The molecule has 0 bridgehead atoms. The van der Waals surface area contributed by atoms with E-state index >= 15 is 0 Å². The fourth-order valence-corrected chi connectivity index (χ4v) is 5.33. The lowest BCUT2D eigenvalue weighted by molar-refractivity contribution is 0.0692. The van der Waals surface area contributed by atoms with Crippen LogP contribution in [0.3, 0.4) is 0 Å². The molecule has 0 unspecified atom stereocenters. The first-order valence-corrected chi connectivity index (χ1v) is 10.2. The lowest BCUT2D eigenvalue weighted by atomic mass is 9.94. The molecule has 0 N–H and O–H groups in total. The average molecular weight is 335 g/mol. The molecule has 0 saturated heterocycles. The van der Waals surface area contributed by atoms with Crippen molar-refractivity contribution in [2.75, 3.05) is 12.8 Å². The molecule has 0 radical (unpaired) electrons. The summed E-state index contributed by atoms with van der Waals surface area (Å²) in [7, 11) is -1.58. The van der Waals surface area contributed by atoms with E-state index in [0.717, 1.165) is 38.5 Å². The van der Waals surface area contributed by atoms with Gasteiger partial charge in [0.05, 0.1) is 16.2 Å². The van der Waals surface area contributed by atoms with Crippen LogP contribution in [0, 0.1) is 5.92 Å². The summed E-state index contributed by atoms with van der Waals surface area (Å²) in [5.41, 5.74) is 0.334. The van der Waals surface area contributed by atoms with Gasteiger partial charge in [0.2, 0.25) is 0 Å². The van der Waals surface area contributed by atoms with E-state index in [2.05, 4.69) is 0 Å². The van der Waals surface area contributed by atoms with Crippen molar-refractivity contribution >= 4 is 15.7 Å². The quantitative estimate of drug-likeness (QED) is 0.830. The Balaban J connectivity index is 1.85. The van der Waals surface area contributed by atoms with E-state index < -0.39 is 9.84 Å². The van der Waals surface area contributed by atoms with E-state index in [-0.39, 0.29) is 28.5 Å². The Morgan fingerprint density at radius 2 is 1.74 bits per heavy atom. The van der Waals surface area contributed by atoms with Gasteiger partial charge < -0.3 is 4.90 Å². The van der Waals surface area contributed by atoms with E-state index in [4.69, 9.17) is 0 Å². The van der Waals surface area contributed by atoms with E-state index in [1.807, 2.05) is 7.05 Å². The Morgan fingerprint density at radius 3 is 2.39 bits per heavy atom. The minimum absolute atomic E-state index is 0.160. The molecule has 2 aliphatic carbocycles. The van der Waals surface area contributed by atoms with E-state index in [0.29, 0.717) is 5.56 Å². The van der Waals surface area contributed by atoms with Crippen LogP contribution in [-0.2, 0) is 9.84 Å². The Bertz CT molecular complexity index is 673. The van der Waals surface area contributed by atoms with Crippen LogP contribution in [0.15, 0.2) is 29.2 Å². The predicted molar refractivity (Wildman–Crippen MR) is 90.2 cm³/mol. The number of hydrogen-bond donors (Lipinski definition) is 0. The van der Waals surface area contributed by atoms with Crippen molar-refractivity contribution in [3.05, 3.63) is 29.8 Å². The van der Waals surface area contributed by atoms with Gasteiger partial charge in [0.15, 0.2) is 9.84 Å². The third-order valence-electron chi connectivity index (χ3n) is 5.05. The summed E-state index contributed by atoms with van der Waals surface area (Å²) in [5, 5.41) is 0. The number of amides is 1. The van der Waals surface area contributed by atoms with Gasteiger partial charge in [-0.1, -0.05) is 31.4 Å². The highest BCUT2D eigenvalue weighted by molar-refractivity contribution is 7.91. The lowest BCUT2D eigenvalue weighted by Gasteiger charge is -2.31. The topological polar surface area (TPSA) is 54.5 Å². The van der Waals surface area contributed by atoms with Crippen molar-refractivity contribution in [1.29, 1.82) is 0 Å². The van der Waals surface area contributed by atoms with Gasteiger partial charge in [-0.25, -0.2) is 8.42 Å². The second kappa shape index (κ2) is 6.63. The van der Waals surface area contributed by atoms with Gasteiger partial charge in [0, 0.05) is 13.1 Å². The predicted octanol–water partition coefficient (Wildman–Crippen LogP) is 3.28. The minimum Gasteiger partial charge on any atom is -0.339 e. The van der Waals surface area contributed by atoms with Gasteiger partial charge in [-0.05, 0) is 43.7 Å². The molecule has 2 saturated carbocycles. The maximum Gasteiger partial charge on any atom is 0.255 e. The molecule has 0 spiro atoms. The summed E-state index contributed by atoms with van der Waals surface area (Å²) in [6, 6.07) is 6.92. The standard InChI is InChI=1S/C18H25NO3S/c1-19(15-7-3-2-4-8-15)18(20)16-9-5-6-10-17(16)23(21,22)13-14-11-12-14/h5-6,9-10,14-15H,2-4,7-8,11-13H2,1H3. The molecular weight excluding hydrogens is 310 g/mol. The van der Waals surface area contributed by atoms with E-state index in [1.54, 1.807) is 29.2 Å². The molecule has 3 rings (SSSR count). The summed E-state index contributed by atoms with van der Waals surface area (Å²) < 4.78 is 25.3. The van der Waals surface area contributed by atoms with Gasteiger partial charge in [-0.3, -0.25) is 4.79 Å². The summed E-state index contributed by atoms with van der Waals surface area (Å²) in [4.78, 5) is 14.8. The average Bonchev–Trinajstić information content (AvgIpc) is 3.37. The third-order valence-corrected chi connectivity index (χ3v) is 6.98. The summed E-state index contributed by atoms with van der Waals surface area (Å²) >= 11 is 0. The Labute approximate surface area is 138 Å². The first-order valence-electron chi connectivity index (χ1n) is 8.58. The fourth-order valence-electron chi connectivity index (χ4n) is 3.42. The summed E-state index contributed by atoms with van der Waals surface area (Å²) in [6.07, 6.45) is 7.51. The van der Waals surface area contributed by atoms with Crippen molar-refractivity contribution in [2.24, 2.45) is 5.92 Å². The molecule has 1 aromatic carbocycles. The van der Waals surface area contributed by atoms with E-state index in [9.17, 15) is 13.2 Å². The van der Waals surface area contributed by atoms with Crippen molar-refractivity contribution in [1.82, 2.24) is 4.90 Å². The van der Waals surface area contributed by atoms with Crippen molar-refractivity contribution in [3.8, 4) is 0 Å². The van der Waals surface area contributed by atoms with Crippen LogP contribution < -0.4 is 0 Å². The second-order valence-corrected chi connectivity index (χ2v) is 8.93. The molecule has 0 heterocycles. The van der Waals surface area contributed by atoms with Gasteiger partial charge in [-0.15, -0.1) is 0 Å². The Hall–Kier alpha value is -1.36. The SMILES string of the molecule is CN(C(=O)c1ccccc1S(=O)(=O)CC1CC1)C1CCCCC1. The van der Waals surface area contributed by atoms with Crippen molar-refractivity contribution in [2.45, 2.75) is 55.9 Å². The van der Waals surface area contributed by atoms with Crippen LogP contribution >= 0.6 is 0 Å². The highest BCUT2D eigenvalue weighted by atomic mass is 32.2. The van der Waals surface area contributed by atoms with Crippen LogP contribution in [0.5, 0.6) is 0 Å². The number of rotatable bonds is 5. The summed E-state index contributed by atoms with van der Waals surface area (Å²) in [6.45, 7) is 0. The molecule has 126 valence electrons. The maximum atomic E-state index is 12.9. The zero-order valence-corrected chi connectivity index (χ0v) is 14.5. The zero-order valence-electron chi connectivity index (χ0n) is 13.7. The van der Waals surface area contributed by atoms with Crippen LogP contribution in [0.4, 0.5) is 0 Å². The van der Waals surface area contributed by atoms with Gasteiger partial charge in [-0.2, -0.15) is 0 Å². The zero-order chi connectivity index (χ0) is 16.4. The first-order chi connectivity index (χ1) is 11.0. The lowest BCUT2D eigenvalue weighted by Crippen LogP contribution is -2.38. The molecule has 1 amide bonds. The molecule has 1 aromatic rings. The smallest absolute Gasteiger partial charge is 0.255 e. The fraction of sp³-hybridized carbons (Fsp3) is 0.611. The van der Waals surface area contributed by atoms with Gasteiger partial charge >= 0.3 is 0 Å². The molecule has 0 atom stereocenters. The highest BCUT2D eigenvalue weighted by Gasteiger charge is 2.32. The Kier molecular flexibility index (Phi) is 4.76. The molecule has 2 aliphatic rings. The van der Waals surface area contributed by atoms with Crippen molar-refractivity contribution < 1.29 is 13.2 Å². The highest BCUT2D eigenvalue weighted by Crippen LogP contribution is 2.33. The maximum absolute atomic E-state index is 12.9. The normalized spacial score (nSPS) is 19.5. The number of hydrogen-bond acceptors (Lipinski definition) is 3. The monoisotopic (exact) mass is 335 g/mol. The first kappa shape index (κ1) is 16.5. The van der Waals surface area contributed by atoms with Gasteiger partial charge in [0.1, 0.15) is 0 Å². The number of sulfone groups is 1. The molecule has 2 fully saturated rings. The van der Waals surface area contributed by atoms with Gasteiger partial charge in [0.25, 0.3) is 5.91 Å². The number of benzene rings is 1. The van der Waals surface area contributed by atoms with Crippen LogP contribution in [-0.4, -0.2) is 38.1 Å². The van der Waals surface area contributed by atoms with Crippen LogP contribution in [0.1, 0.15) is 55.3 Å². The number of carbonyl (C=O) groups excluding carboxylic acids is 1. The van der Waals surface area contributed by atoms with Crippen LogP contribution in [0.25, 0.3) is 0 Å². The number of carbonyl (C=O) groups is 1. The molecular formula is C18H25NO3S. The minimum atomic E-state index is -3.38.